The topological polar surface area (TPSA) is 66.3 Å². The summed E-state index contributed by atoms with van der Waals surface area (Å²) >= 11 is 1.55. The molecule has 1 aliphatic heterocycles. The summed E-state index contributed by atoms with van der Waals surface area (Å²) in [5, 5.41) is 11.1. The predicted molar refractivity (Wildman–Crippen MR) is 73.8 cm³/mol. The lowest BCUT2D eigenvalue weighted by molar-refractivity contribution is 0.0690. The number of thiophene rings is 1. The minimum atomic E-state index is -1.01. The Hall–Kier alpha value is -1.95. The molecule has 0 amide bonds. The van der Waals surface area contributed by atoms with E-state index in [0.29, 0.717) is 11.6 Å². The molecule has 0 spiro atoms. The maximum Gasteiger partial charge on any atom is 0.354 e. The summed E-state index contributed by atoms with van der Waals surface area (Å²) < 4.78 is 0. The van der Waals surface area contributed by atoms with Crippen LogP contribution in [0.5, 0.6) is 0 Å². The molecular weight excluding hydrogens is 262 g/mol. The highest BCUT2D eigenvalue weighted by Gasteiger charge is 2.19. The van der Waals surface area contributed by atoms with Crippen molar-refractivity contribution >= 4 is 23.3 Å². The molecule has 0 saturated carbocycles. The Labute approximate surface area is 114 Å². The van der Waals surface area contributed by atoms with Gasteiger partial charge < -0.3 is 10.0 Å². The highest BCUT2D eigenvalue weighted by molar-refractivity contribution is 7.13. The highest BCUT2D eigenvalue weighted by Crippen LogP contribution is 2.26. The van der Waals surface area contributed by atoms with Crippen LogP contribution in [0.25, 0.3) is 10.6 Å². The predicted octanol–water partition coefficient (Wildman–Crippen LogP) is 2.50. The van der Waals surface area contributed by atoms with Gasteiger partial charge >= 0.3 is 5.97 Å². The second-order valence-corrected chi connectivity index (χ2v) is 5.36. The quantitative estimate of drug-likeness (QED) is 0.932. The normalized spacial score (nSPS) is 14.8. The lowest BCUT2D eigenvalue weighted by atomic mass is 10.3. The van der Waals surface area contributed by atoms with Crippen LogP contribution in [-0.4, -0.2) is 34.1 Å². The summed E-state index contributed by atoms with van der Waals surface area (Å²) in [7, 11) is 0. The minimum absolute atomic E-state index is 0.0558. The van der Waals surface area contributed by atoms with E-state index in [0.717, 1.165) is 30.8 Å². The van der Waals surface area contributed by atoms with E-state index in [1.807, 2.05) is 22.4 Å². The maximum atomic E-state index is 11.2. The first-order valence-electron chi connectivity index (χ1n) is 6.15. The number of hydrogen-bond donors (Lipinski definition) is 1. The summed E-state index contributed by atoms with van der Waals surface area (Å²) in [5.41, 5.74) is 0.740. The summed E-state index contributed by atoms with van der Waals surface area (Å²) in [5.74, 6) is -0.485. The Bertz CT molecular complexity index is 592. The third-order valence-electron chi connectivity index (χ3n) is 3.10. The van der Waals surface area contributed by atoms with Crippen LogP contribution >= 0.6 is 11.3 Å². The Morgan fingerprint density at radius 1 is 1.32 bits per heavy atom. The second kappa shape index (κ2) is 4.97. The maximum absolute atomic E-state index is 11.2. The fourth-order valence-electron chi connectivity index (χ4n) is 2.15. The van der Waals surface area contributed by atoms with Gasteiger partial charge in [0.25, 0.3) is 0 Å². The van der Waals surface area contributed by atoms with Crippen molar-refractivity contribution in [2.45, 2.75) is 12.8 Å². The molecule has 0 radical (unpaired) electrons. The molecule has 3 heterocycles. The number of aromatic carboxylic acids is 1. The summed E-state index contributed by atoms with van der Waals surface area (Å²) in [6.45, 7) is 1.79. The van der Waals surface area contributed by atoms with Crippen LogP contribution in [0.4, 0.5) is 5.95 Å². The van der Waals surface area contributed by atoms with E-state index in [9.17, 15) is 4.79 Å². The first-order valence-corrected chi connectivity index (χ1v) is 7.03. The molecular formula is C13H13N3O2S. The van der Waals surface area contributed by atoms with E-state index in [1.54, 1.807) is 11.3 Å². The summed E-state index contributed by atoms with van der Waals surface area (Å²) in [4.78, 5) is 22.8. The van der Waals surface area contributed by atoms with Crippen LogP contribution in [0.2, 0.25) is 0 Å². The van der Waals surface area contributed by atoms with Gasteiger partial charge in [0.05, 0.1) is 10.6 Å². The van der Waals surface area contributed by atoms with Gasteiger partial charge in [0.15, 0.2) is 5.69 Å². The molecule has 0 bridgehead atoms. The summed E-state index contributed by atoms with van der Waals surface area (Å²) in [6.07, 6.45) is 2.21. The lowest BCUT2D eigenvalue weighted by Gasteiger charge is -2.16. The molecule has 0 aromatic carbocycles. The van der Waals surface area contributed by atoms with Crippen LogP contribution in [0.3, 0.4) is 0 Å². The molecule has 1 saturated heterocycles. The zero-order chi connectivity index (χ0) is 13.2. The third-order valence-corrected chi connectivity index (χ3v) is 3.99. The van der Waals surface area contributed by atoms with Gasteiger partial charge in [-0.2, -0.15) is 0 Å². The van der Waals surface area contributed by atoms with Gasteiger partial charge in [-0.3, -0.25) is 0 Å². The van der Waals surface area contributed by atoms with Gasteiger partial charge in [-0.15, -0.1) is 11.3 Å². The first-order chi connectivity index (χ1) is 9.24. The van der Waals surface area contributed by atoms with Crippen molar-refractivity contribution in [1.82, 2.24) is 9.97 Å². The molecule has 3 rings (SSSR count). The van der Waals surface area contributed by atoms with Gasteiger partial charge in [-0.25, -0.2) is 14.8 Å². The van der Waals surface area contributed by atoms with Gasteiger partial charge in [0.1, 0.15) is 0 Å². The second-order valence-electron chi connectivity index (χ2n) is 4.42. The van der Waals surface area contributed by atoms with Crippen molar-refractivity contribution in [2.24, 2.45) is 0 Å². The SMILES string of the molecule is O=C(O)c1cc(-c2cccs2)nc(N2CCCC2)n1. The molecule has 5 nitrogen and oxygen atoms in total. The van der Waals surface area contributed by atoms with Crippen molar-refractivity contribution in [3.05, 3.63) is 29.3 Å². The van der Waals surface area contributed by atoms with Crippen molar-refractivity contribution in [3.8, 4) is 10.6 Å². The Morgan fingerprint density at radius 2 is 2.11 bits per heavy atom. The summed E-state index contributed by atoms with van der Waals surface area (Å²) in [6, 6.07) is 5.40. The number of carbonyl (C=O) groups is 1. The van der Waals surface area contributed by atoms with Crippen LogP contribution < -0.4 is 4.90 Å². The van der Waals surface area contributed by atoms with Crippen LogP contribution in [-0.2, 0) is 0 Å². The molecule has 19 heavy (non-hydrogen) atoms. The molecule has 0 aliphatic carbocycles. The van der Waals surface area contributed by atoms with Crippen molar-refractivity contribution < 1.29 is 9.90 Å². The number of hydrogen-bond acceptors (Lipinski definition) is 5. The first kappa shape index (κ1) is 12.1. The molecule has 1 aliphatic rings. The van der Waals surface area contributed by atoms with E-state index in [4.69, 9.17) is 5.11 Å². The molecule has 1 fully saturated rings. The number of carboxylic acids is 1. The van der Waals surface area contributed by atoms with Crippen molar-refractivity contribution in [2.75, 3.05) is 18.0 Å². The monoisotopic (exact) mass is 275 g/mol. The fourth-order valence-corrected chi connectivity index (χ4v) is 2.84. The van der Waals surface area contributed by atoms with Crippen molar-refractivity contribution in [1.29, 1.82) is 0 Å². The minimum Gasteiger partial charge on any atom is -0.477 e. The Balaban J connectivity index is 2.06. The standard InChI is InChI=1S/C13H13N3O2S/c17-12(18)10-8-9(11-4-3-7-19-11)14-13(15-10)16-5-1-2-6-16/h3-4,7-8H,1-2,5-6H2,(H,17,18). The van der Waals surface area contributed by atoms with E-state index in [-0.39, 0.29) is 5.69 Å². The molecule has 0 atom stereocenters. The van der Waals surface area contributed by atoms with Gasteiger partial charge in [0.2, 0.25) is 5.95 Å². The number of carboxylic acid groups (broad SMARTS) is 1. The lowest BCUT2D eigenvalue weighted by Crippen LogP contribution is -2.21. The van der Waals surface area contributed by atoms with Gasteiger partial charge in [-0.1, -0.05) is 6.07 Å². The van der Waals surface area contributed by atoms with Gasteiger partial charge in [0, 0.05) is 13.1 Å². The van der Waals surface area contributed by atoms with Crippen LogP contribution in [0.15, 0.2) is 23.6 Å². The zero-order valence-corrected chi connectivity index (χ0v) is 11.1. The third kappa shape index (κ3) is 2.44. The average molecular weight is 275 g/mol. The highest BCUT2D eigenvalue weighted by atomic mass is 32.1. The van der Waals surface area contributed by atoms with Crippen molar-refractivity contribution in [3.63, 3.8) is 0 Å². The number of nitrogens with zero attached hydrogens (tertiary/aromatic N) is 3. The molecule has 0 unspecified atom stereocenters. The fraction of sp³-hybridized carbons (Fsp3) is 0.308. The van der Waals surface area contributed by atoms with Crippen LogP contribution in [0, 0.1) is 0 Å². The van der Waals surface area contributed by atoms with Crippen LogP contribution in [0.1, 0.15) is 23.3 Å². The largest absolute Gasteiger partial charge is 0.477 e. The van der Waals surface area contributed by atoms with E-state index < -0.39 is 5.97 Å². The Morgan fingerprint density at radius 3 is 2.74 bits per heavy atom. The van der Waals surface area contributed by atoms with Gasteiger partial charge in [-0.05, 0) is 30.4 Å². The Kier molecular flexibility index (Phi) is 3.16. The molecule has 1 N–H and O–H groups in total. The number of anilines is 1. The molecule has 98 valence electrons. The molecule has 2 aromatic heterocycles. The van der Waals surface area contributed by atoms with E-state index >= 15 is 0 Å². The van der Waals surface area contributed by atoms with E-state index in [1.165, 1.54) is 6.07 Å². The molecule has 6 heteroatoms. The number of aromatic nitrogens is 2. The molecule has 2 aromatic rings. The van der Waals surface area contributed by atoms with E-state index in [2.05, 4.69) is 9.97 Å². The zero-order valence-electron chi connectivity index (χ0n) is 10.2. The smallest absolute Gasteiger partial charge is 0.354 e. The average Bonchev–Trinajstić information content (AvgIpc) is 3.11. The number of rotatable bonds is 3.